The molecule has 0 aromatic heterocycles. The SMILES string of the molecule is CCNCc1cccc(Cl)c1Sc1ccccc1Cl. The zero-order chi connectivity index (χ0) is 13.7. The van der Waals surface area contributed by atoms with E-state index in [0.29, 0.717) is 0 Å². The highest BCUT2D eigenvalue weighted by Crippen LogP contribution is 2.39. The first-order valence-electron chi connectivity index (χ1n) is 6.13. The quantitative estimate of drug-likeness (QED) is 0.809. The van der Waals surface area contributed by atoms with Gasteiger partial charge in [0.2, 0.25) is 0 Å². The second-order valence-electron chi connectivity index (χ2n) is 4.04. The topological polar surface area (TPSA) is 12.0 Å². The van der Waals surface area contributed by atoms with Crippen molar-refractivity contribution in [1.82, 2.24) is 5.32 Å². The molecule has 0 fully saturated rings. The van der Waals surface area contributed by atoms with Gasteiger partial charge in [0.05, 0.1) is 10.0 Å². The molecule has 0 bridgehead atoms. The molecule has 0 unspecified atom stereocenters. The van der Waals surface area contributed by atoms with E-state index in [1.807, 2.05) is 36.4 Å². The van der Waals surface area contributed by atoms with E-state index in [4.69, 9.17) is 23.2 Å². The Morgan fingerprint density at radius 1 is 1.00 bits per heavy atom. The Kier molecular flexibility index (Phi) is 5.59. The Morgan fingerprint density at radius 2 is 1.74 bits per heavy atom. The third kappa shape index (κ3) is 3.90. The molecule has 0 spiro atoms. The van der Waals surface area contributed by atoms with Crippen LogP contribution in [0.1, 0.15) is 12.5 Å². The molecule has 0 amide bonds. The molecule has 19 heavy (non-hydrogen) atoms. The van der Waals surface area contributed by atoms with Gasteiger partial charge >= 0.3 is 0 Å². The van der Waals surface area contributed by atoms with Gasteiger partial charge in [0.25, 0.3) is 0 Å². The fourth-order valence-electron chi connectivity index (χ4n) is 1.70. The summed E-state index contributed by atoms with van der Waals surface area (Å²) < 4.78 is 0. The zero-order valence-electron chi connectivity index (χ0n) is 10.6. The summed E-state index contributed by atoms with van der Waals surface area (Å²) in [6.07, 6.45) is 0. The maximum Gasteiger partial charge on any atom is 0.0548 e. The first-order chi connectivity index (χ1) is 9.22. The average molecular weight is 312 g/mol. The van der Waals surface area contributed by atoms with Crippen molar-refractivity contribution in [3.05, 3.63) is 58.1 Å². The van der Waals surface area contributed by atoms with Gasteiger partial charge in [-0.05, 0) is 30.3 Å². The average Bonchev–Trinajstić information content (AvgIpc) is 2.41. The lowest BCUT2D eigenvalue weighted by Crippen LogP contribution is -2.12. The molecule has 2 aromatic carbocycles. The molecular formula is C15H15Cl2NS. The van der Waals surface area contributed by atoms with Crippen molar-refractivity contribution in [3.8, 4) is 0 Å². The third-order valence-corrected chi connectivity index (χ3v) is 4.79. The summed E-state index contributed by atoms with van der Waals surface area (Å²) in [6, 6.07) is 13.8. The van der Waals surface area contributed by atoms with Gasteiger partial charge in [-0.25, -0.2) is 0 Å². The van der Waals surface area contributed by atoms with Crippen molar-refractivity contribution in [2.45, 2.75) is 23.3 Å². The number of benzene rings is 2. The largest absolute Gasteiger partial charge is 0.313 e. The van der Waals surface area contributed by atoms with E-state index in [9.17, 15) is 0 Å². The van der Waals surface area contributed by atoms with Crippen LogP contribution in [0.25, 0.3) is 0 Å². The molecule has 1 nitrogen and oxygen atoms in total. The standard InChI is InChI=1S/C15H15Cl2NS/c1-2-18-10-11-6-5-8-13(17)15(11)19-14-9-4-3-7-12(14)16/h3-9,18H,2,10H2,1H3. The summed E-state index contributed by atoms with van der Waals surface area (Å²) in [5, 5.41) is 4.84. The van der Waals surface area contributed by atoms with Crippen molar-refractivity contribution < 1.29 is 0 Å². The van der Waals surface area contributed by atoms with Crippen LogP contribution in [0, 0.1) is 0 Å². The van der Waals surface area contributed by atoms with Crippen LogP contribution in [0.4, 0.5) is 0 Å². The minimum Gasteiger partial charge on any atom is -0.313 e. The van der Waals surface area contributed by atoms with E-state index >= 15 is 0 Å². The maximum absolute atomic E-state index is 6.32. The van der Waals surface area contributed by atoms with Crippen LogP contribution in [0.15, 0.2) is 52.3 Å². The van der Waals surface area contributed by atoms with Crippen molar-refractivity contribution in [2.75, 3.05) is 6.54 Å². The van der Waals surface area contributed by atoms with Crippen molar-refractivity contribution in [3.63, 3.8) is 0 Å². The summed E-state index contributed by atoms with van der Waals surface area (Å²) in [5.41, 5.74) is 1.19. The normalized spacial score (nSPS) is 10.7. The monoisotopic (exact) mass is 311 g/mol. The lowest BCUT2D eigenvalue weighted by molar-refractivity contribution is 0.718. The number of hydrogen-bond donors (Lipinski definition) is 1. The Hall–Kier alpha value is -0.670. The lowest BCUT2D eigenvalue weighted by Gasteiger charge is -2.12. The van der Waals surface area contributed by atoms with Crippen molar-refractivity contribution >= 4 is 35.0 Å². The molecule has 2 aromatic rings. The minimum absolute atomic E-state index is 0.752. The molecule has 0 aliphatic rings. The minimum atomic E-state index is 0.752. The van der Waals surface area contributed by atoms with E-state index in [-0.39, 0.29) is 0 Å². The molecule has 0 atom stereocenters. The van der Waals surface area contributed by atoms with Crippen LogP contribution in [0.2, 0.25) is 10.0 Å². The summed E-state index contributed by atoms with van der Waals surface area (Å²) in [7, 11) is 0. The lowest BCUT2D eigenvalue weighted by atomic mass is 10.2. The molecule has 2 rings (SSSR count). The molecule has 0 saturated heterocycles. The summed E-state index contributed by atoms with van der Waals surface area (Å²) in [6.45, 7) is 3.83. The molecule has 0 aliphatic carbocycles. The summed E-state index contributed by atoms with van der Waals surface area (Å²) in [5.74, 6) is 0. The zero-order valence-corrected chi connectivity index (χ0v) is 12.9. The fraction of sp³-hybridized carbons (Fsp3) is 0.200. The number of hydrogen-bond acceptors (Lipinski definition) is 2. The van der Waals surface area contributed by atoms with Gasteiger partial charge in [-0.15, -0.1) is 0 Å². The van der Waals surface area contributed by atoms with E-state index in [1.165, 1.54) is 5.56 Å². The Bertz CT molecular complexity index is 558. The van der Waals surface area contributed by atoms with Crippen LogP contribution in [0.5, 0.6) is 0 Å². The van der Waals surface area contributed by atoms with Crippen LogP contribution in [0.3, 0.4) is 0 Å². The molecule has 0 radical (unpaired) electrons. The highest BCUT2D eigenvalue weighted by atomic mass is 35.5. The van der Waals surface area contributed by atoms with Crippen LogP contribution in [-0.2, 0) is 6.54 Å². The van der Waals surface area contributed by atoms with E-state index < -0.39 is 0 Å². The Labute approximate surface area is 128 Å². The van der Waals surface area contributed by atoms with E-state index in [0.717, 1.165) is 32.9 Å². The van der Waals surface area contributed by atoms with E-state index in [1.54, 1.807) is 11.8 Å². The van der Waals surface area contributed by atoms with Gasteiger partial charge in [-0.3, -0.25) is 0 Å². The van der Waals surface area contributed by atoms with Gasteiger partial charge in [-0.1, -0.05) is 66.2 Å². The van der Waals surface area contributed by atoms with Gasteiger partial charge in [0, 0.05) is 16.3 Å². The van der Waals surface area contributed by atoms with E-state index in [2.05, 4.69) is 18.3 Å². The number of nitrogens with one attached hydrogen (secondary N) is 1. The first kappa shape index (κ1) is 14.7. The number of halogens is 2. The van der Waals surface area contributed by atoms with Gasteiger partial charge in [0.1, 0.15) is 0 Å². The second-order valence-corrected chi connectivity index (χ2v) is 5.91. The highest BCUT2D eigenvalue weighted by Gasteiger charge is 2.10. The molecule has 0 heterocycles. The number of rotatable bonds is 5. The van der Waals surface area contributed by atoms with Gasteiger partial charge in [0.15, 0.2) is 0 Å². The second kappa shape index (κ2) is 7.20. The molecule has 4 heteroatoms. The first-order valence-corrected chi connectivity index (χ1v) is 7.70. The van der Waals surface area contributed by atoms with Crippen molar-refractivity contribution in [2.24, 2.45) is 0 Å². The highest BCUT2D eigenvalue weighted by molar-refractivity contribution is 7.99. The van der Waals surface area contributed by atoms with Crippen LogP contribution in [-0.4, -0.2) is 6.54 Å². The van der Waals surface area contributed by atoms with Gasteiger partial charge in [-0.2, -0.15) is 0 Å². The summed E-state index contributed by atoms with van der Waals surface area (Å²) in [4.78, 5) is 2.09. The molecule has 100 valence electrons. The fourth-order valence-corrected chi connectivity index (χ4v) is 3.23. The Balaban J connectivity index is 2.31. The maximum atomic E-state index is 6.32. The molecule has 0 aliphatic heterocycles. The molecular weight excluding hydrogens is 297 g/mol. The predicted octanol–water partition coefficient (Wildman–Crippen LogP) is 5.25. The molecule has 1 N–H and O–H groups in total. The third-order valence-electron chi connectivity index (χ3n) is 2.66. The smallest absolute Gasteiger partial charge is 0.0548 e. The molecule has 0 saturated carbocycles. The predicted molar refractivity (Wildman–Crippen MR) is 84.4 cm³/mol. The van der Waals surface area contributed by atoms with Crippen molar-refractivity contribution in [1.29, 1.82) is 0 Å². The van der Waals surface area contributed by atoms with Gasteiger partial charge < -0.3 is 5.32 Å². The van der Waals surface area contributed by atoms with Crippen LogP contribution < -0.4 is 5.32 Å². The van der Waals surface area contributed by atoms with Crippen LogP contribution >= 0.6 is 35.0 Å². The summed E-state index contributed by atoms with van der Waals surface area (Å²) >= 11 is 14.1. The Morgan fingerprint density at radius 3 is 2.47 bits per heavy atom.